The Morgan fingerprint density at radius 3 is 2.43 bits per heavy atom. The molecule has 1 aromatic rings. The minimum absolute atomic E-state index is 0.261. The third kappa shape index (κ3) is 6.58. The van der Waals surface area contributed by atoms with Crippen molar-refractivity contribution in [2.45, 2.75) is 64.3 Å². The van der Waals surface area contributed by atoms with Gasteiger partial charge >= 0.3 is 0 Å². The molecule has 3 rings (SSSR count). The van der Waals surface area contributed by atoms with Crippen LogP contribution in [0.15, 0.2) is 18.2 Å². The van der Waals surface area contributed by atoms with E-state index < -0.39 is 6.10 Å². The number of piperidine rings is 1. The van der Waals surface area contributed by atoms with Crippen molar-refractivity contribution in [2.75, 3.05) is 53.5 Å². The van der Waals surface area contributed by atoms with Crippen LogP contribution in [0.25, 0.3) is 0 Å². The molecular weight excluding hydrogens is 378 g/mol. The molecule has 0 amide bonds. The van der Waals surface area contributed by atoms with Crippen LogP contribution >= 0.6 is 0 Å². The minimum atomic E-state index is -0.529. The summed E-state index contributed by atoms with van der Waals surface area (Å²) in [5, 5.41) is 10.2. The maximum absolute atomic E-state index is 10.2. The Morgan fingerprint density at radius 1 is 1.10 bits per heavy atom. The van der Waals surface area contributed by atoms with Gasteiger partial charge in [0.1, 0.15) is 12.7 Å². The highest BCUT2D eigenvalue weighted by Crippen LogP contribution is 2.29. The number of methoxy groups -OCH3 is 1. The van der Waals surface area contributed by atoms with Crippen LogP contribution in [-0.4, -0.2) is 91.5 Å². The third-order valence-corrected chi connectivity index (χ3v) is 6.66. The van der Waals surface area contributed by atoms with Gasteiger partial charge in [-0.15, -0.1) is 0 Å². The SMILES string of the molecule is COc1cc(CN2CCC(N3CCCC3)CC2)ccc1OC[C@@H](O)CN(C)C(C)C. The summed E-state index contributed by atoms with van der Waals surface area (Å²) in [5.41, 5.74) is 1.25. The van der Waals surface area contributed by atoms with Gasteiger partial charge < -0.3 is 24.4 Å². The Hall–Kier alpha value is -1.34. The summed E-state index contributed by atoms with van der Waals surface area (Å²) in [7, 11) is 3.69. The van der Waals surface area contributed by atoms with Gasteiger partial charge in [0, 0.05) is 25.2 Å². The van der Waals surface area contributed by atoms with Crippen LogP contribution in [0, 0.1) is 0 Å². The Bertz CT molecular complexity index is 641. The molecule has 0 spiro atoms. The maximum Gasteiger partial charge on any atom is 0.161 e. The second-order valence-corrected chi connectivity index (χ2v) is 9.23. The van der Waals surface area contributed by atoms with E-state index in [4.69, 9.17) is 9.47 Å². The number of hydrogen-bond donors (Lipinski definition) is 1. The predicted octanol–water partition coefficient (Wildman–Crippen LogP) is 2.84. The molecule has 1 atom stereocenters. The topological polar surface area (TPSA) is 48.4 Å². The molecule has 6 heteroatoms. The first-order valence-electron chi connectivity index (χ1n) is 11.6. The van der Waals surface area contributed by atoms with Gasteiger partial charge in [0.05, 0.1) is 7.11 Å². The fraction of sp³-hybridized carbons (Fsp3) is 0.750. The fourth-order valence-corrected chi connectivity index (χ4v) is 4.52. The Balaban J connectivity index is 1.48. The Labute approximate surface area is 182 Å². The first-order valence-corrected chi connectivity index (χ1v) is 11.6. The molecule has 30 heavy (non-hydrogen) atoms. The van der Waals surface area contributed by atoms with E-state index in [-0.39, 0.29) is 6.61 Å². The number of likely N-dealkylation sites (tertiary alicyclic amines) is 2. The molecule has 2 heterocycles. The molecular formula is C24H41N3O3. The quantitative estimate of drug-likeness (QED) is 0.629. The van der Waals surface area contributed by atoms with E-state index in [1.165, 1.54) is 44.3 Å². The second-order valence-electron chi connectivity index (χ2n) is 9.23. The molecule has 1 N–H and O–H groups in total. The van der Waals surface area contributed by atoms with Gasteiger partial charge in [0.2, 0.25) is 0 Å². The van der Waals surface area contributed by atoms with Crippen LogP contribution < -0.4 is 9.47 Å². The summed E-state index contributed by atoms with van der Waals surface area (Å²) in [6.45, 7) is 11.0. The van der Waals surface area contributed by atoms with Crippen molar-refractivity contribution >= 4 is 0 Å². The molecule has 0 aromatic heterocycles. The molecule has 2 aliphatic rings. The molecule has 2 fully saturated rings. The van der Waals surface area contributed by atoms with Gasteiger partial charge in [-0.25, -0.2) is 0 Å². The van der Waals surface area contributed by atoms with Crippen molar-refractivity contribution < 1.29 is 14.6 Å². The fourth-order valence-electron chi connectivity index (χ4n) is 4.52. The van der Waals surface area contributed by atoms with E-state index in [9.17, 15) is 5.11 Å². The number of nitrogens with zero attached hydrogens (tertiary/aromatic N) is 3. The zero-order valence-electron chi connectivity index (χ0n) is 19.3. The molecule has 0 bridgehead atoms. The first-order chi connectivity index (χ1) is 14.5. The van der Waals surface area contributed by atoms with E-state index in [0.29, 0.717) is 18.3 Å². The van der Waals surface area contributed by atoms with Crippen molar-refractivity contribution in [2.24, 2.45) is 0 Å². The van der Waals surface area contributed by atoms with E-state index >= 15 is 0 Å². The standard InChI is InChI=1S/C24H41N3O3/c1-19(2)25(3)17-22(28)18-30-23-8-7-20(15-24(23)29-4)16-26-13-9-21(10-14-26)27-11-5-6-12-27/h7-8,15,19,21-22,28H,5-6,9-14,16-18H2,1-4H3/t22-/m0/s1. The molecule has 2 aliphatic heterocycles. The van der Waals surface area contributed by atoms with E-state index in [2.05, 4.69) is 40.7 Å². The highest BCUT2D eigenvalue weighted by Gasteiger charge is 2.26. The highest BCUT2D eigenvalue weighted by atomic mass is 16.5. The number of ether oxygens (including phenoxy) is 2. The Morgan fingerprint density at radius 2 is 1.80 bits per heavy atom. The summed E-state index contributed by atoms with van der Waals surface area (Å²) in [5.74, 6) is 1.43. The summed E-state index contributed by atoms with van der Waals surface area (Å²) < 4.78 is 11.4. The number of likely N-dealkylation sites (N-methyl/N-ethyl adjacent to an activating group) is 1. The smallest absolute Gasteiger partial charge is 0.161 e. The van der Waals surface area contributed by atoms with Crippen molar-refractivity contribution in [3.8, 4) is 11.5 Å². The molecule has 0 aliphatic carbocycles. The average molecular weight is 420 g/mol. The summed E-state index contributed by atoms with van der Waals surface area (Å²) in [6, 6.07) is 7.36. The van der Waals surface area contributed by atoms with Gasteiger partial charge in [-0.3, -0.25) is 4.90 Å². The number of aliphatic hydroxyl groups is 1. The molecule has 0 radical (unpaired) electrons. The zero-order valence-corrected chi connectivity index (χ0v) is 19.3. The van der Waals surface area contributed by atoms with Crippen LogP contribution in [0.3, 0.4) is 0 Å². The number of hydrogen-bond acceptors (Lipinski definition) is 6. The van der Waals surface area contributed by atoms with Gasteiger partial charge in [0.25, 0.3) is 0 Å². The van der Waals surface area contributed by atoms with Crippen LogP contribution in [0.2, 0.25) is 0 Å². The van der Waals surface area contributed by atoms with Gasteiger partial charge in [-0.1, -0.05) is 6.07 Å². The largest absolute Gasteiger partial charge is 0.493 e. The normalized spacial score (nSPS) is 20.2. The van der Waals surface area contributed by atoms with Crippen LogP contribution in [-0.2, 0) is 6.54 Å². The summed E-state index contributed by atoms with van der Waals surface area (Å²) >= 11 is 0. The number of rotatable bonds is 10. The molecule has 6 nitrogen and oxygen atoms in total. The molecule has 2 saturated heterocycles. The van der Waals surface area contributed by atoms with Crippen molar-refractivity contribution in [3.63, 3.8) is 0 Å². The molecule has 1 aromatic carbocycles. The lowest BCUT2D eigenvalue weighted by Crippen LogP contribution is -2.43. The van der Waals surface area contributed by atoms with E-state index in [0.717, 1.165) is 31.4 Å². The van der Waals surface area contributed by atoms with Crippen molar-refractivity contribution in [1.29, 1.82) is 0 Å². The van der Waals surface area contributed by atoms with Crippen molar-refractivity contribution in [3.05, 3.63) is 23.8 Å². The molecule has 0 saturated carbocycles. The molecule has 0 unspecified atom stereocenters. The van der Waals surface area contributed by atoms with E-state index in [1.54, 1.807) is 7.11 Å². The van der Waals surface area contributed by atoms with Crippen LogP contribution in [0.1, 0.15) is 45.1 Å². The highest BCUT2D eigenvalue weighted by molar-refractivity contribution is 5.43. The van der Waals surface area contributed by atoms with Crippen molar-refractivity contribution in [1.82, 2.24) is 14.7 Å². The lowest BCUT2D eigenvalue weighted by molar-refractivity contribution is 0.0668. The first kappa shape index (κ1) is 23.3. The van der Waals surface area contributed by atoms with Gasteiger partial charge in [0.15, 0.2) is 11.5 Å². The minimum Gasteiger partial charge on any atom is -0.493 e. The van der Waals surface area contributed by atoms with Gasteiger partial charge in [-0.2, -0.15) is 0 Å². The summed E-state index contributed by atoms with van der Waals surface area (Å²) in [6.07, 6.45) is 4.78. The monoisotopic (exact) mass is 419 g/mol. The second kappa shape index (κ2) is 11.3. The lowest BCUT2D eigenvalue weighted by atomic mass is 10.0. The van der Waals surface area contributed by atoms with E-state index in [1.807, 2.05) is 13.1 Å². The third-order valence-electron chi connectivity index (χ3n) is 6.66. The maximum atomic E-state index is 10.2. The summed E-state index contributed by atoms with van der Waals surface area (Å²) in [4.78, 5) is 7.36. The predicted molar refractivity (Wildman–Crippen MR) is 121 cm³/mol. The van der Waals surface area contributed by atoms with Crippen LogP contribution in [0.5, 0.6) is 11.5 Å². The average Bonchev–Trinajstić information content (AvgIpc) is 3.28. The zero-order chi connectivity index (χ0) is 21.5. The lowest BCUT2D eigenvalue weighted by Gasteiger charge is -2.36. The van der Waals surface area contributed by atoms with Gasteiger partial charge in [-0.05, 0) is 90.5 Å². The number of aliphatic hydroxyl groups excluding tert-OH is 1. The molecule has 170 valence electrons. The Kier molecular flexibility index (Phi) is 8.81. The number of benzene rings is 1. The van der Waals surface area contributed by atoms with Crippen LogP contribution in [0.4, 0.5) is 0 Å².